The van der Waals surface area contributed by atoms with Gasteiger partial charge in [0.15, 0.2) is 19.7 Å². The van der Waals surface area contributed by atoms with Gasteiger partial charge in [0.05, 0.1) is 48.7 Å². The molecule has 0 saturated carbocycles. The molecule has 0 unspecified atom stereocenters. The lowest BCUT2D eigenvalue weighted by Crippen LogP contribution is -2.46. The molecule has 10 nitrogen and oxygen atoms in total. The van der Waals surface area contributed by atoms with Crippen molar-refractivity contribution in [2.75, 3.05) is 23.0 Å². The molecular formula is C41H42BrN3O7Si. The predicted molar refractivity (Wildman–Crippen MR) is 207 cm³/mol. The van der Waals surface area contributed by atoms with Gasteiger partial charge in [-0.15, -0.1) is 0 Å². The Bertz CT molecular complexity index is 2110. The number of para-hydroxylation sites is 3. The van der Waals surface area contributed by atoms with E-state index in [-0.39, 0.29) is 43.3 Å². The zero-order valence-electron chi connectivity index (χ0n) is 29.9. The van der Waals surface area contributed by atoms with E-state index in [4.69, 9.17) is 9.47 Å². The molecule has 8 rings (SSSR count). The summed E-state index contributed by atoms with van der Waals surface area (Å²) in [5.74, 6) is 0.0578. The van der Waals surface area contributed by atoms with E-state index in [2.05, 4.69) is 15.9 Å². The first-order valence-electron chi connectivity index (χ1n) is 18.1. The summed E-state index contributed by atoms with van der Waals surface area (Å²) < 4.78 is 13.9. The van der Waals surface area contributed by atoms with Gasteiger partial charge in [-0.05, 0) is 86.1 Å². The topological polar surface area (TPSA) is 120 Å². The Morgan fingerprint density at radius 1 is 0.962 bits per heavy atom. The van der Waals surface area contributed by atoms with E-state index in [1.165, 1.54) is 0 Å². The Kier molecular flexibility index (Phi) is 9.09. The van der Waals surface area contributed by atoms with Crippen LogP contribution in [0.15, 0.2) is 95.5 Å². The van der Waals surface area contributed by atoms with Crippen LogP contribution in [0.1, 0.15) is 47.7 Å². The maximum atomic E-state index is 14.9. The van der Waals surface area contributed by atoms with E-state index in [0.29, 0.717) is 46.2 Å². The van der Waals surface area contributed by atoms with Gasteiger partial charge >= 0.3 is 0 Å². The summed E-state index contributed by atoms with van der Waals surface area (Å²) in [6.45, 7) is 6.37. The molecule has 0 radical (unpaired) electrons. The second kappa shape index (κ2) is 13.5. The lowest BCUT2D eigenvalue weighted by molar-refractivity contribution is -0.150. The molecule has 0 aliphatic carbocycles. The fraction of sp³-hybridized carbons (Fsp3) is 0.341. The number of nitrogens with zero attached hydrogens (tertiary/aromatic N) is 3. The number of amides is 3. The Morgan fingerprint density at radius 2 is 1.68 bits per heavy atom. The van der Waals surface area contributed by atoms with Crippen LogP contribution >= 0.6 is 15.9 Å². The fourth-order valence-corrected chi connectivity index (χ4v) is 12.0. The number of hydrogen-bond acceptors (Lipinski definition) is 7. The molecular weight excluding hydrogens is 754 g/mol. The van der Waals surface area contributed by atoms with E-state index >= 15 is 0 Å². The van der Waals surface area contributed by atoms with Crippen molar-refractivity contribution in [1.82, 2.24) is 4.90 Å². The Labute approximate surface area is 318 Å². The molecule has 2 saturated heterocycles. The molecule has 4 aliphatic heterocycles. The highest BCUT2D eigenvalue weighted by molar-refractivity contribution is 9.10. The number of fused-ring (bicyclic) bond motifs is 4. The summed E-state index contributed by atoms with van der Waals surface area (Å²) in [6, 6.07) is 27.7. The predicted octanol–water partition coefficient (Wildman–Crippen LogP) is 7.25. The molecule has 4 heterocycles. The number of rotatable bonds is 7. The molecule has 4 aliphatic rings. The normalized spacial score (nSPS) is 25.0. The monoisotopic (exact) mass is 795 g/mol. The summed E-state index contributed by atoms with van der Waals surface area (Å²) >= 11 is 3.62. The number of halogens is 1. The molecule has 12 heteroatoms. The lowest BCUT2D eigenvalue weighted by Gasteiger charge is -2.33. The van der Waals surface area contributed by atoms with Crippen molar-refractivity contribution in [3.05, 3.63) is 112 Å². The van der Waals surface area contributed by atoms with Gasteiger partial charge in [0.1, 0.15) is 5.75 Å². The number of anilines is 3. The largest absolute Gasteiger partial charge is 0.454 e. The molecule has 4 aromatic rings. The van der Waals surface area contributed by atoms with Crippen molar-refractivity contribution in [3.63, 3.8) is 0 Å². The quantitative estimate of drug-likeness (QED) is 0.189. The number of aliphatic hydroxyl groups excluding tert-OH is 1. The third-order valence-corrected chi connectivity index (χ3v) is 14.4. The standard InChI is InChI=1S/C41H42BrN3O7Si/c1-25-38(53(2,3)50)36(22-37(47)43-20-8-9-29(43)24-46)52-41(25)31-21-27(42)16-19-32(31)44(40(41)49)23-26-14-17-28(18-15-26)45-33-11-5-7-13-35(33)51-34-12-6-4-10-30(34)39(45)48/h4-7,10-19,21,25,29,36,38,46,50H,8-9,20,22-24H2,1-3H3/t25-,29+,36+,38-,41+/m1/s1. The van der Waals surface area contributed by atoms with Crippen LogP contribution in [0, 0.1) is 5.92 Å². The van der Waals surface area contributed by atoms with Gasteiger partial charge < -0.3 is 29.2 Å². The van der Waals surface area contributed by atoms with Gasteiger partial charge in [-0.3, -0.25) is 19.3 Å². The van der Waals surface area contributed by atoms with Crippen molar-refractivity contribution < 1.29 is 33.8 Å². The highest BCUT2D eigenvalue weighted by Crippen LogP contribution is 2.60. The summed E-state index contributed by atoms with van der Waals surface area (Å²) in [5, 5.41) is 9.90. The number of hydrogen-bond donors (Lipinski definition) is 2. The summed E-state index contributed by atoms with van der Waals surface area (Å²) in [5.41, 5.74) is 2.18. The minimum atomic E-state index is -2.98. The smallest absolute Gasteiger partial charge is 0.266 e. The van der Waals surface area contributed by atoms with Gasteiger partial charge in [-0.1, -0.05) is 59.3 Å². The fourth-order valence-electron chi connectivity index (χ4n) is 9.05. The van der Waals surface area contributed by atoms with E-state index < -0.39 is 31.5 Å². The number of likely N-dealkylation sites (tertiary alicyclic amines) is 1. The van der Waals surface area contributed by atoms with Crippen LogP contribution < -0.4 is 14.5 Å². The van der Waals surface area contributed by atoms with Crippen molar-refractivity contribution in [2.24, 2.45) is 5.92 Å². The van der Waals surface area contributed by atoms with Gasteiger partial charge in [-0.2, -0.15) is 0 Å². The number of benzene rings is 4. The van der Waals surface area contributed by atoms with Crippen LogP contribution in [-0.2, 0) is 26.5 Å². The number of carbonyl (C=O) groups is 3. The molecule has 4 aromatic carbocycles. The molecule has 0 aromatic heterocycles. The molecule has 274 valence electrons. The Hall–Kier alpha value is -4.33. The highest BCUT2D eigenvalue weighted by atomic mass is 79.9. The summed E-state index contributed by atoms with van der Waals surface area (Å²) in [6.07, 6.45) is 0.919. The van der Waals surface area contributed by atoms with Crippen molar-refractivity contribution in [1.29, 1.82) is 0 Å². The molecule has 0 bridgehead atoms. The van der Waals surface area contributed by atoms with Crippen LogP contribution in [-0.4, -0.2) is 66.1 Å². The molecule has 53 heavy (non-hydrogen) atoms. The van der Waals surface area contributed by atoms with E-state index in [0.717, 1.165) is 22.9 Å². The van der Waals surface area contributed by atoms with E-state index in [9.17, 15) is 24.3 Å². The molecule has 3 amide bonds. The van der Waals surface area contributed by atoms with Gasteiger partial charge in [0, 0.05) is 33.7 Å². The van der Waals surface area contributed by atoms with Crippen molar-refractivity contribution in [2.45, 2.75) is 69.1 Å². The van der Waals surface area contributed by atoms with Crippen LogP contribution in [0.5, 0.6) is 11.5 Å². The highest BCUT2D eigenvalue weighted by Gasteiger charge is 2.66. The number of aliphatic hydroxyl groups is 1. The van der Waals surface area contributed by atoms with Gasteiger partial charge in [0.2, 0.25) is 5.91 Å². The summed E-state index contributed by atoms with van der Waals surface area (Å²) in [4.78, 5) is 59.4. The molecule has 1 spiro atoms. The van der Waals surface area contributed by atoms with Crippen LogP contribution in [0.2, 0.25) is 18.6 Å². The number of carbonyl (C=O) groups excluding carboxylic acids is 3. The first-order valence-corrected chi connectivity index (χ1v) is 22.0. The molecule has 2 N–H and O–H groups in total. The zero-order chi connectivity index (χ0) is 37.2. The Balaban J connectivity index is 1.11. The van der Waals surface area contributed by atoms with Crippen molar-refractivity contribution in [3.8, 4) is 11.5 Å². The average Bonchev–Trinajstić information content (AvgIpc) is 3.77. The minimum absolute atomic E-state index is 0.0240. The first kappa shape index (κ1) is 35.7. The Morgan fingerprint density at radius 3 is 2.42 bits per heavy atom. The lowest BCUT2D eigenvalue weighted by atomic mass is 9.82. The minimum Gasteiger partial charge on any atom is -0.454 e. The average molecular weight is 797 g/mol. The van der Waals surface area contributed by atoms with E-state index in [1.54, 1.807) is 26.8 Å². The second-order valence-corrected chi connectivity index (χ2v) is 19.9. The molecule has 5 atom stereocenters. The van der Waals surface area contributed by atoms with Gasteiger partial charge in [0.25, 0.3) is 11.8 Å². The zero-order valence-corrected chi connectivity index (χ0v) is 32.5. The SMILES string of the molecule is C[C@@H]1[C@@H]([Si](C)(C)O)[C@H](CC(=O)N2CCC[C@H]2CO)O[C@@]12C(=O)N(Cc1ccc(N3C(=O)c4ccccc4Oc4ccccc43)cc1)c1ccc(Br)cc12. The van der Waals surface area contributed by atoms with Crippen molar-refractivity contribution >= 4 is 59.0 Å². The third kappa shape index (κ3) is 5.91. The summed E-state index contributed by atoms with van der Waals surface area (Å²) in [7, 11) is -2.98. The molecule has 2 fully saturated rings. The number of ether oxygens (including phenoxy) is 2. The third-order valence-electron chi connectivity index (χ3n) is 11.4. The van der Waals surface area contributed by atoms with Crippen LogP contribution in [0.3, 0.4) is 0 Å². The second-order valence-electron chi connectivity index (χ2n) is 15.1. The van der Waals surface area contributed by atoms with E-state index in [1.807, 2.05) is 98.9 Å². The maximum Gasteiger partial charge on any atom is 0.266 e. The van der Waals surface area contributed by atoms with Crippen LogP contribution in [0.4, 0.5) is 17.1 Å². The first-order chi connectivity index (χ1) is 25.4. The van der Waals surface area contributed by atoms with Gasteiger partial charge in [-0.25, -0.2) is 0 Å². The van der Waals surface area contributed by atoms with Crippen LogP contribution in [0.25, 0.3) is 0 Å². The maximum absolute atomic E-state index is 14.9.